The molecule has 0 aliphatic rings. The first-order valence-electron chi connectivity index (χ1n) is 6.56. The highest BCUT2D eigenvalue weighted by Gasteiger charge is 2.19. The number of halogens is 3. The van der Waals surface area contributed by atoms with Crippen molar-refractivity contribution in [1.82, 2.24) is 5.32 Å². The Morgan fingerprint density at radius 2 is 1.95 bits per heavy atom. The lowest BCUT2D eigenvalue weighted by atomic mass is 9.98. The molecule has 0 aliphatic carbocycles. The van der Waals surface area contributed by atoms with E-state index in [2.05, 4.69) is 40.9 Å². The molecule has 2 rings (SSSR count). The lowest BCUT2D eigenvalue weighted by Gasteiger charge is -2.22. The van der Waals surface area contributed by atoms with Gasteiger partial charge >= 0.3 is 0 Å². The van der Waals surface area contributed by atoms with Crippen molar-refractivity contribution in [2.75, 3.05) is 6.54 Å². The van der Waals surface area contributed by atoms with Gasteiger partial charge in [0.25, 0.3) is 0 Å². The first-order chi connectivity index (χ1) is 9.63. The van der Waals surface area contributed by atoms with Crippen molar-refractivity contribution in [2.45, 2.75) is 19.4 Å². The third kappa shape index (κ3) is 3.71. The summed E-state index contributed by atoms with van der Waals surface area (Å²) in [5.74, 6) is -0.265. The molecular formula is C16H16ClFIN. The van der Waals surface area contributed by atoms with Crippen molar-refractivity contribution in [3.63, 3.8) is 0 Å². The second kappa shape index (κ2) is 7.38. The molecule has 0 spiro atoms. The average Bonchev–Trinajstić information content (AvgIpc) is 2.44. The zero-order valence-electron chi connectivity index (χ0n) is 11.2. The van der Waals surface area contributed by atoms with Crippen LogP contribution in [0.25, 0.3) is 0 Å². The van der Waals surface area contributed by atoms with E-state index in [0.717, 1.165) is 27.7 Å². The molecule has 4 heteroatoms. The maximum Gasteiger partial charge on any atom is 0.123 e. The number of rotatable bonds is 5. The summed E-state index contributed by atoms with van der Waals surface area (Å²) in [5.41, 5.74) is 1.90. The third-order valence-electron chi connectivity index (χ3n) is 3.08. The number of hydrogen-bond acceptors (Lipinski definition) is 1. The van der Waals surface area contributed by atoms with E-state index in [1.807, 2.05) is 18.2 Å². The first kappa shape index (κ1) is 15.7. The molecule has 0 aromatic heterocycles. The molecule has 106 valence electrons. The predicted molar refractivity (Wildman–Crippen MR) is 90.7 cm³/mol. The van der Waals surface area contributed by atoms with Crippen LogP contribution in [0.4, 0.5) is 4.39 Å². The van der Waals surface area contributed by atoms with Gasteiger partial charge in [0.05, 0.1) is 6.04 Å². The molecule has 0 radical (unpaired) electrons. The van der Waals surface area contributed by atoms with Gasteiger partial charge in [-0.2, -0.15) is 0 Å². The van der Waals surface area contributed by atoms with Gasteiger partial charge in [-0.3, -0.25) is 0 Å². The minimum atomic E-state index is -0.265. The van der Waals surface area contributed by atoms with Crippen LogP contribution >= 0.6 is 34.2 Å². The van der Waals surface area contributed by atoms with Crippen LogP contribution in [-0.2, 0) is 0 Å². The van der Waals surface area contributed by atoms with E-state index in [1.165, 1.54) is 12.1 Å². The smallest absolute Gasteiger partial charge is 0.123 e. The maximum absolute atomic E-state index is 13.6. The van der Waals surface area contributed by atoms with Gasteiger partial charge in [0, 0.05) is 8.59 Å². The molecule has 0 bridgehead atoms. The fourth-order valence-corrected chi connectivity index (χ4v) is 3.05. The second-order valence-corrected chi connectivity index (χ2v) is 6.14. The Balaban J connectivity index is 2.47. The van der Waals surface area contributed by atoms with Crippen molar-refractivity contribution in [3.05, 3.63) is 68.0 Å². The fourth-order valence-electron chi connectivity index (χ4n) is 2.12. The Morgan fingerprint density at radius 3 is 2.65 bits per heavy atom. The molecule has 0 saturated heterocycles. The van der Waals surface area contributed by atoms with E-state index in [-0.39, 0.29) is 11.9 Å². The molecule has 0 amide bonds. The first-order valence-corrected chi connectivity index (χ1v) is 8.02. The normalized spacial score (nSPS) is 12.4. The van der Waals surface area contributed by atoms with Crippen LogP contribution in [0, 0.1) is 9.39 Å². The van der Waals surface area contributed by atoms with E-state index < -0.39 is 0 Å². The summed E-state index contributed by atoms with van der Waals surface area (Å²) < 4.78 is 14.7. The number of hydrogen-bond donors (Lipinski definition) is 1. The summed E-state index contributed by atoms with van der Waals surface area (Å²) in [7, 11) is 0. The zero-order chi connectivity index (χ0) is 14.5. The van der Waals surface area contributed by atoms with Gasteiger partial charge in [0.15, 0.2) is 0 Å². The van der Waals surface area contributed by atoms with Gasteiger partial charge in [-0.25, -0.2) is 4.39 Å². The summed E-state index contributed by atoms with van der Waals surface area (Å²) in [5, 5.41) is 4.04. The summed E-state index contributed by atoms with van der Waals surface area (Å²) in [6, 6.07) is 12.5. The highest BCUT2D eigenvalue weighted by molar-refractivity contribution is 14.1. The Morgan fingerprint density at radius 1 is 1.20 bits per heavy atom. The summed E-state index contributed by atoms with van der Waals surface area (Å²) in [6.07, 6.45) is 1.01. The highest BCUT2D eigenvalue weighted by atomic mass is 127. The van der Waals surface area contributed by atoms with E-state index in [9.17, 15) is 4.39 Å². The van der Waals surface area contributed by atoms with Crippen molar-refractivity contribution in [3.8, 4) is 0 Å². The molecule has 1 atom stereocenters. The Bertz CT molecular complexity index is 588. The van der Waals surface area contributed by atoms with Crippen LogP contribution in [0.3, 0.4) is 0 Å². The molecule has 20 heavy (non-hydrogen) atoms. The SMILES string of the molecule is CCCNC(c1cc(F)ccc1Cl)c1ccccc1I. The monoisotopic (exact) mass is 403 g/mol. The van der Waals surface area contributed by atoms with Crippen LogP contribution in [0.2, 0.25) is 5.02 Å². The molecule has 0 saturated carbocycles. The van der Waals surface area contributed by atoms with Gasteiger partial charge in [-0.1, -0.05) is 36.7 Å². The van der Waals surface area contributed by atoms with Crippen LogP contribution < -0.4 is 5.32 Å². The molecule has 1 N–H and O–H groups in total. The van der Waals surface area contributed by atoms with Crippen molar-refractivity contribution >= 4 is 34.2 Å². The lowest BCUT2D eigenvalue weighted by Crippen LogP contribution is -2.24. The quantitative estimate of drug-likeness (QED) is 0.679. The molecule has 1 nitrogen and oxygen atoms in total. The average molecular weight is 404 g/mol. The van der Waals surface area contributed by atoms with E-state index in [1.54, 1.807) is 6.07 Å². The predicted octanol–water partition coefficient (Wildman–Crippen LogP) is 5.17. The van der Waals surface area contributed by atoms with Crippen molar-refractivity contribution in [2.24, 2.45) is 0 Å². The standard InChI is InChI=1S/C16H16ClFIN/c1-2-9-20-16(12-5-3-4-6-15(12)19)13-10-11(18)7-8-14(13)17/h3-8,10,16,20H,2,9H2,1H3. The van der Waals surface area contributed by atoms with Gasteiger partial charge < -0.3 is 5.32 Å². The van der Waals surface area contributed by atoms with Crippen LogP contribution in [-0.4, -0.2) is 6.54 Å². The van der Waals surface area contributed by atoms with Gasteiger partial charge in [-0.15, -0.1) is 0 Å². The molecule has 0 heterocycles. The van der Waals surface area contributed by atoms with Crippen LogP contribution in [0.15, 0.2) is 42.5 Å². The lowest BCUT2D eigenvalue weighted by molar-refractivity contribution is 0.584. The molecule has 0 aliphatic heterocycles. The van der Waals surface area contributed by atoms with E-state index >= 15 is 0 Å². The minimum Gasteiger partial charge on any atom is -0.306 e. The molecule has 1 unspecified atom stereocenters. The molecule has 2 aromatic carbocycles. The molecular weight excluding hydrogens is 388 g/mol. The van der Waals surface area contributed by atoms with Gasteiger partial charge in [-0.05, 0) is 70.9 Å². The van der Waals surface area contributed by atoms with Gasteiger partial charge in [0.1, 0.15) is 5.82 Å². The maximum atomic E-state index is 13.6. The Kier molecular flexibility index (Phi) is 5.81. The van der Waals surface area contributed by atoms with Crippen LogP contribution in [0.1, 0.15) is 30.5 Å². The zero-order valence-corrected chi connectivity index (χ0v) is 14.1. The van der Waals surface area contributed by atoms with Gasteiger partial charge in [0.2, 0.25) is 0 Å². The summed E-state index contributed by atoms with van der Waals surface area (Å²) in [6.45, 7) is 2.95. The van der Waals surface area contributed by atoms with E-state index in [0.29, 0.717) is 5.02 Å². The Labute approximate surface area is 137 Å². The third-order valence-corrected chi connectivity index (χ3v) is 4.41. The second-order valence-electron chi connectivity index (χ2n) is 4.57. The number of nitrogens with one attached hydrogen (secondary N) is 1. The van der Waals surface area contributed by atoms with E-state index in [4.69, 9.17) is 11.6 Å². The highest BCUT2D eigenvalue weighted by Crippen LogP contribution is 2.31. The summed E-state index contributed by atoms with van der Waals surface area (Å²) >= 11 is 8.56. The largest absolute Gasteiger partial charge is 0.306 e. The Hall–Kier alpha value is -0.650. The number of benzene rings is 2. The fraction of sp³-hybridized carbons (Fsp3) is 0.250. The molecule has 2 aromatic rings. The minimum absolute atomic E-state index is 0.0914. The van der Waals surface area contributed by atoms with Crippen molar-refractivity contribution in [1.29, 1.82) is 0 Å². The topological polar surface area (TPSA) is 12.0 Å². The summed E-state index contributed by atoms with van der Waals surface area (Å²) in [4.78, 5) is 0. The molecule has 0 fully saturated rings. The van der Waals surface area contributed by atoms with Crippen molar-refractivity contribution < 1.29 is 4.39 Å². The van der Waals surface area contributed by atoms with Crippen LogP contribution in [0.5, 0.6) is 0 Å².